The molecular weight excluding hydrogens is 843 g/mol. The Labute approximate surface area is 333 Å². The van der Waals surface area contributed by atoms with Gasteiger partial charge < -0.3 is 19.2 Å². The van der Waals surface area contributed by atoms with Crippen LogP contribution < -0.4 is 19.8 Å². The Hall–Kier alpha value is -5.10. The van der Waals surface area contributed by atoms with E-state index in [1.54, 1.807) is 43.5 Å². The number of nitriles is 2. The van der Waals surface area contributed by atoms with E-state index in [1.165, 1.54) is 0 Å². The number of pyridine rings is 2. The van der Waals surface area contributed by atoms with Crippen molar-refractivity contribution in [3.8, 4) is 41.0 Å². The van der Waals surface area contributed by atoms with Crippen LogP contribution in [0.3, 0.4) is 0 Å². The van der Waals surface area contributed by atoms with Gasteiger partial charge in [-0.3, -0.25) is 4.79 Å². The van der Waals surface area contributed by atoms with E-state index in [0.29, 0.717) is 71.8 Å². The average Bonchev–Trinajstić information content (AvgIpc) is 3.15. The van der Waals surface area contributed by atoms with Crippen LogP contribution in [0.25, 0.3) is 0 Å². The van der Waals surface area contributed by atoms with E-state index in [9.17, 15) is 10.1 Å². The average molecular weight is 873 g/mol. The Morgan fingerprint density at radius 2 is 1.19 bits per heavy atom. The standard InChI is InChI=1S/C21H16BrClN2O2.C20H14BrClN2O2/c1-13-18(10-14-6-4-3-5-7-14)20(19(22)21(25-13)26-2)27-17-9-15(12-24)8-16(23)11-17;1-12-17(9-13-5-3-2-4-6-13)19(18(21)20(25)24-12)26-16-8-14(11-23)7-15(22)10-16/h3-9,11H,10H2,1-2H3;2-8,10H,9H2,1H3,(H,24,25). The van der Waals surface area contributed by atoms with E-state index in [4.69, 9.17) is 42.7 Å². The number of hydrogen-bond donors (Lipinski definition) is 1. The minimum atomic E-state index is -0.281. The first-order valence-electron chi connectivity index (χ1n) is 16.0. The predicted octanol–water partition coefficient (Wildman–Crippen LogP) is 11.4. The first kappa shape index (κ1) is 39.1. The van der Waals surface area contributed by atoms with Crippen LogP contribution in [0.5, 0.6) is 28.9 Å². The molecule has 6 rings (SSSR count). The van der Waals surface area contributed by atoms with Crippen molar-refractivity contribution in [2.45, 2.75) is 26.7 Å². The van der Waals surface area contributed by atoms with E-state index in [0.717, 1.165) is 33.6 Å². The van der Waals surface area contributed by atoms with Gasteiger partial charge in [-0.05, 0) is 93.2 Å². The van der Waals surface area contributed by atoms with Crippen molar-refractivity contribution < 1.29 is 14.2 Å². The molecule has 0 unspecified atom stereocenters. The Morgan fingerprint density at radius 1 is 0.717 bits per heavy atom. The molecule has 2 aromatic heterocycles. The van der Waals surface area contributed by atoms with E-state index in [1.807, 2.05) is 68.4 Å². The number of nitrogens with one attached hydrogen (secondary N) is 1. The number of halogens is 4. The highest BCUT2D eigenvalue weighted by Gasteiger charge is 2.21. The second kappa shape index (κ2) is 18.1. The zero-order valence-corrected chi connectivity index (χ0v) is 33.3. The first-order valence-corrected chi connectivity index (χ1v) is 18.3. The fourth-order valence-corrected chi connectivity index (χ4v) is 6.79. The first-order chi connectivity index (χ1) is 25.5. The largest absolute Gasteiger partial charge is 0.480 e. The molecule has 6 aromatic rings. The van der Waals surface area contributed by atoms with Gasteiger partial charge in [0.25, 0.3) is 5.56 Å². The minimum absolute atomic E-state index is 0.281. The van der Waals surface area contributed by atoms with E-state index in [2.05, 4.69) is 60.0 Å². The summed E-state index contributed by atoms with van der Waals surface area (Å²) >= 11 is 19.0. The summed E-state index contributed by atoms with van der Waals surface area (Å²) in [7, 11) is 1.56. The number of benzene rings is 4. The predicted molar refractivity (Wildman–Crippen MR) is 214 cm³/mol. The number of ether oxygens (including phenoxy) is 3. The number of rotatable bonds is 9. The van der Waals surface area contributed by atoms with Crippen molar-refractivity contribution >= 4 is 55.1 Å². The number of aromatic amines is 1. The fourth-order valence-electron chi connectivity index (χ4n) is 5.35. The summed E-state index contributed by atoms with van der Waals surface area (Å²) in [5.41, 5.74) is 6.04. The van der Waals surface area contributed by atoms with Crippen LogP contribution in [0.15, 0.2) is 111 Å². The third-order valence-corrected chi connectivity index (χ3v) is 9.73. The van der Waals surface area contributed by atoms with Crippen molar-refractivity contribution in [3.05, 3.63) is 171 Å². The van der Waals surface area contributed by atoms with E-state index in [-0.39, 0.29) is 5.56 Å². The van der Waals surface area contributed by atoms with Gasteiger partial charge in [0.2, 0.25) is 5.88 Å². The highest BCUT2D eigenvalue weighted by molar-refractivity contribution is 9.11. The summed E-state index contributed by atoms with van der Waals surface area (Å²) in [5, 5.41) is 19.1. The van der Waals surface area contributed by atoms with Gasteiger partial charge >= 0.3 is 0 Å². The van der Waals surface area contributed by atoms with Crippen molar-refractivity contribution in [2.75, 3.05) is 7.11 Å². The van der Waals surface area contributed by atoms with Crippen LogP contribution in [0.2, 0.25) is 10.0 Å². The van der Waals surface area contributed by atoms with Crippen molar-refractivity contribution in [2.24, 2.45) is 0 Å². The van der Waals surface area contributed by atoms with Crippen LogP contribution in [0.1, 0.15) is 44.8 Å². The molecule has 0 aliphatic carbocycles. The molecule has 0 amide bonds. The van der Waals surface area contributed by atoms with Crippen molar-refractivity contribution in [1.82, 2.24) is 9.97 Å². The Balaban J connectivity index is 0.000000204. The quantitative estimate of drug-likeness (QED) is 0.154. The van der Waals surface area contributed by atoms with Crippen LogP contribution in [-0.2, 0) is 12.8 Å². The van der Waals surface area contributed by atoms with Crippen LogP contribution in [-0.4, -0.2) is 17.1 Å². The number of hydrogen-bond acceptors (Lipinski definition) is 7. The summed E-state index contributed by atoms with van der Waals surface area (Å²) in [6.07, 6.45) is 1.23. The lowest BCUT2D eigenvalue weighted by Crippen LogP contribution is -2.13. The molecule has 4 aromatic carbocycles. The molecule has 0 fully saturated rings. The van der Waals surface area contributed by atoms with Crippen LogP contribution >= 0.6 is 55.1 Å². The van der Waals surface area contributed by atoms with Gasteiger partial charge in [0.15, 0.2) is 11.5 Å². The number of aryl methyl sites for hydroxylation is 2. The van der Waals surface area contributed by atoms with E-state index >= 15 is 0 Å². The molecule has 0 spiro atoms. The van der Waals surface area contributed by atoms with Crippen LogP contribution in [0, 0.1) is 36.5 Å². The lowest BCUT2D eigenvalue weighted by atomic mass is 10.0. The van der Waals surface area contributed by atoms with Crippen LogP contribution in [0.4, 0.5) is 0 Å². The lowest BCUT2D eigenvalue weighted by molar-refractivity contribution is 0.386. The van der Waals surface area contributed by atoms with Gasteiger partial charge in [0.1, 0.15) is 20.4 Å². The minimum Gasteiger partial charge on any atom is -0.480 e. The number of H-pyrrole nitrogens is 1. The maximum absolute atomic E-state index is 12.2. The molecule has 2 heterocycles. The molecule has 266 valence electrons. The molecule has 53 heavy (non-hydrogen) atoms. The summed E-state index contributed by atoms with van der Waals surface area (Å²) in [6, 6.07) is 33.7. The molecular formula is C41H30Br2Cl2N4O4. The molecule has 0 atom stereocenters. The molecule has 8 nitrogen and oxygen atoms in total. The van der Waals surface area contributed by atoms with Gasteiger partial charge in [-0.15, -0.1) is 0 Å². The molecule has 0 aliphatic heterocycles. The lowest BCUT2D eigenvalue weighted by Gasteiger charge is -2.17. The summed E-state index contributed by atoms with van der Waals surface area (Å²) < 4.78 is 18.4. The van der Waals surface area contributed by atoms with Gasteiger partial charge in [0, 0.05) is 45.4 Å². The van der Waals surface area contributed by atoms with Gasteiger partial charge in [-0.1, -0.05) is 83.9 Å². The molecule has 0 saturated heterocycles. The van der Waals surface area contributed by atoms with Gasteiger partial charge in [-0.2, -0.15) is 10.5 Å². The zero-order valence-electron chi connectivity index (χ0n) is 28.6. The highest BCUT2D eigenvalue weighted by Crippen LogP contribution is 2.41. The molecule has 0 aliphatic rings. The molecule has 0 bridgehead atoms. The maximum Gasteiger partial charge on any atom is 0.266 e. The third-order valence-electron chi connectivity index (χ3n) is 7.88. The van der Waals surface area contributed by atoms with E-state index < -0.39 is 0 Å². The van der Waals surface area contributed by atoms with Gasteiger partial charge in [-0.25, -0.2) is 4.98 Å². The fraction of sp³-hybridized carbons (Fsp3) is 0.122. The summed E-state index contributed by atoms with van der Waals surface area (Å²) in [6.45, 7) is 3.75. The molecule has 0 saturated carbocycles. The Bertz CT molecular complexity index is 2410. The van der Waals surface area contributed by atoms with Crippen molar-refractivity contribution in [3.63, 3.8) is 0 Å². The summed E-state index contributed by atoms with van der Waals surface area (Å²) in [5.74, 6) is 2.31. The SMILES string of the molecule is COc1nc(C)c(Cc2ccccc2)c(Oc2cc(Cl)cc(C#N)c2)c1Br.Cc1[nH]c(=O)c(Br)c(Oc2cc(Cl)cc(C#N)c2)c1Cc1ccccc1. The molecule has 12 heteroatoms. The second-order valence-corrected chi connectivity index (χ2v) is 14.1. The number of aromatic nitrogens is 2. The Morgan fingerprint density at radius 3 is 1.66 bits per heavy atom. The Kier molecular flexibility index (Phi) is 13.4. The number of nitrogens with zero attached hydrogens (tertiary/aromatic N) is 3. The zero-order chi connectivity index (χ0) is 38.1. The smallest absolute Gasteiger partial charge is 0.266 e. The summed E-state index contributed by atoms with van der Waals surface area (Å²) in [4.78, 5) is 19.5. The third kappa shape index (κ3) is 10.1. The van der Waals surface area contributed by atoms with Crippen molar-refractivity contribution in [1.29, 1.82) is 10.5 Å². The van der Waals surface area contributed by atoms with Gasteiger partial charge in [0.05, 0.1) is 30.4 Å². The topological polar surface area (TPSA) is 121 Å². The monoisotopic (exact) mass is 870 g/mol. The normalized spacial score (nSPS) is 10.4. The number of methoxy groups -OCH3 is 1. The molecule has 1 N–H and O–H groups in total. The molecule has 0 radical (unpaired) electrons. The highest BCUT2D eigenvalue weighted by atomic mass is 79.9. The maximum atomic E-state index is 12.2. The second-order valence-electron chi connectivity index (χ2n) is 11.6.